The number of hydrogen-bond donors (Lipinski definition) is 2. The molecule has 0 radical (unpaired) electrons. The van der Waals surface area contributed by atoms with Gasteiger partial charge in [0.15, 0.2) is 12.6 Å². The Kier molecular flexibility index (Phi) is 5.41. The number of ketones is 1. The zero-order chi connectivity index (χ0) is 13.5. The predicted octanol–water partition coefficient (Wildman–Crippen LogP) is 1.30. The molecule has 0 aliphatic rings. The Morgan fingerprint density at radius 2 is 1.83 bits per heavy atom. The van der Waals surface area contributed by atoms with E-state index < -0.39 is 5.78 Å². The lowest BCUT2D eigenvalue weighted by molar-refractivity contribution is -0.00860. The first kappa shape index (κ1) is 14.3. The maximum absolute atomic E-state index is 11.1. The van der Waals surface area contributed by atoms with E-state index in [4.69, 9.17) is 14.2 Å². The minimum atomic E-state index is -0.423. The summed E-state index contributed by atoms with van der Waals surface area (Å²) in [6.45, 7) is 2.04. The van der Waals surface area contributed by atoms with Crippen molar-refractivity contribution in [2.45, 2.75) is 6.92 Å². The number of methoxy groups -OCH3 is 1. The van der Waals surface area contributed by atoms with Crippen molar-refractivity contribution in [1.29, 1.82) is 0 Å². The third-order valence-corrected chi connectivity index (χ3v) is 2.16. The van der Waals surface area contributed by atoms with Crippen molar-refractivity contribution in [3.63, 3.8) is 0 Å². The molecule has 0 atom stereocenters. The fourth-order valence-electron chi connectivity index (χ4n) is 1.34. The molecule has 1 rings (SSSR count). The molecule has 0 saturated carbocycles. The van der Waals surface area contributed by atoms with E-state index in [1.54, 1.807) is 7.11 Å². The minimum Gasteiger partial charge on any atom is -0.507 e. The number of rotatable bonds is 7. The predicted molar refractivity (Wildman–Crippen MR) is 63.1 cm³/mol. The molecule has 0 aliphatic heterocycles. The van der Waals surface area contributed by atoms with Gasteiger partial charge in [0.2, 0.25) is 0 Å². The van der Waals surface area contributed by atoms with Crippen LogP contribution < -0.4 is 4.74 Å². The van der Waals surface area contributed by atoms with Crippen molar-refractivity contribution in [3.05, 3.63) is 17.7 Å². The monoisotopic (exact) mass is 256 g/mol. The van der Waals surface area contributed by atoms with Crippen LogP contribution in [0.5, 0.6) is 17.2 Å². The van der Waals surface area contributed by atoms with Crippen molar-refractivity contribution in [1.82, 2.24) is 0 Å². The summed E-state index contributed by atoms with van der Waals surface area (Å²) in [4.78, 5) is 11.1. The van der Waals surface area contributed by atoms with Gasteiger partial charge in [0.25, 0.3) is 0 Å². The number of carbonyl (C=O) groups excluding carboxylic acids is 1. The van der Waals surface area contributed by atoms with Gasteiger partial charge in [-0.2, -0.15) is 0 Å². The van der Waals surface area contributed by atoms with E-state index in [0.29, 0.717) is 13.2 Å². The van der Waals surface area contributed by atoms with Crippen molar-refractivity contribution in [2.75, 3.05) is 27.1 Å². The van der Waals surface area contributed by atoms with Gasteiger partial charge in [-0.1, -0.05) is 0 Å². The van der Waals surface area contributed by atoms with E-state index in [1.165, 1.54) is 19.1 Å². The highest BCUT2D eigenvalue weighted by Crippen LogP contribution is 2.32. The summed E-state index contributed by atoms with van der Waals surface area (Å²) in [7, 11) is 1.56. The van der Waals surface area contributed by atoms with E-state index in [-0.39, 0.29) is 29.6 Å². The second-order valence-corrected chi connectivity index (χ2v) is 3.56. The zero-order valence-electron chi connectivity index (χ0n) is 10.3. The molecule has 0 unspecified atom stereocenters. The van der Waals surface area contributed by atoms with Gasteiger partial charge in [-0.05, 0) is 6.92 Å². The molecular weight excluding hydrogens is 240 g/mol. The van der Waals surface area contributed by atoms with E-state index in [0.717, 1.165) is 0 Å². The quantitative estimate of drug-likeness (QED) is 0.434. The molecule has 0 spiro atoms. The van der Waals surface area contributed by atoms with E-state index in [9.17, 15) is 15.0 Å². The molecule has 1 aromatic carbocycles. The number of aromatic hydroxyl groups is 2. The van der Waals surface area contributed by atoms with E-state index in [2.05, 4.69) is 0 Å². The van der Waals surface area contributed by atoms with Gasteiger partial charge in [0.05, 0.1) is 13.2 Å². The molecule has 0 aliphatic carbocycles. The van der Waals surface area contributed by atoms with Crippen molar-refractivity contribution < 1.29 is 29.2 Å². The summed E-state index contributed by atoms with van der Waals surface area (Å²) >= 11 is 0. The molecule has 0 fully saturated rings. The normalized spacial score (nSPS) is 10.3. The molecule has 0 amide bonds. The van der Waals surface area contributed by atoms with Crippen LogP contribution >= 0.6 is 0 Å². The van der Waals surface area contributed by atoms with Gasteiger partial charge >= 0.3 is 0 Å². The second-order valence-electron chi connectivity index (χ2n) is 3.56. The summed E-state index contributed by atoms with van der Waals surface area (Å²) in [6, 6.07) is 2.49. The van der Waals surface area contributed by atoms with Crippen molar-refractivity contribution in [3.8, 4) is 17.2 Å². The Morgan fingerprint density at radius 1 is 1.22 bits per heavy atom. The third-order valence-electron chi connectivity index (χ3n) is 2.16. The van der Waals surface area contributed by atoms with Gasteiger partial charge in [-0.3, -0.25) is 4.79 Å². The molecule has 2 N–H and O–H groups in total. The van der Waals surface area contributed by atoms with Crippen LogP contribution in [0.3, 0.4) is 0 Å². The third kappa shape index (κ3) is 3.90. The fourth-order valence-corrected chi connectivity index (χ4v) is 1.34. The minimum absolute atomic E-state index is 0.0400. The summed E-state index contributed by atoms with van der Waals surface area (Å²) in [5.74, 6) is -0.857. The first-order valence-corrected chi connectivity index (χ1v) is 5.32. The SMILES string of the molecule is COCCOCOc1cc(O)c(C(C)=O)c(O)c1. The average molecular weight is 256 g/mol. The molecule has 100 valence electrons. The van der Waals surface area contributed by atoms with Crippen LogP contribution in [-0.2, 0) is 9.47 Å². The maximum Gasteiger partial charge on any atom is 0.189 e. The van der Waals surface area contributed by atoms with Gasteiger partial charge in [0, 0.05) is 19.2 Å². The number of benzene rings is 1. The van der Waals surface area contributed by atoms with Crippen LogP contribution in [0.15, 0.2) is 12.1 Å². The average Bonchev–Trinajstić information content (AvgIpc) is 2.27. The lowest BCUT2D eigenvalue weighted by atomic mass is 10.1. The Balaban J connectivity index is 2.61. The standard InChI is InChI=1S/C12H16O6/c1-8(13)12-10(14)5-9(6-11(12)15)18-7-17-4-3-16-2/h5-6,14-15H,3-4,7H2,1-2H3. The highest BCUT2D eigenvalue weighted by Gasteiger charge is 2.14. The molecule has 18 heavy (non-hydrogen) atoms. The fraction of sp³-hybridized carbons (Fsp3) is 0.417. The Bertz CT molecular complexity index is 392. The highest BCUT2D eigenvalue weighted by atomic mass is 16.7. The van der Waals surface area contributed by atoms with Crippen LogP contribution in [0, 0.1) is 0 Å². The molecule has 0 aromatic heterocycles. The van der Waals surface area contributed by atoms with Crippen LogP contribution in [0.2, 0.25) is 0 Å². The van der Waals surface area contributed by atoms with E-state index >= 15 is 0 Å². The summed E-state index contributed by atoms with van der Waals surface area (Å²) in [6.07, 6.45) is 0. The van der Waals surface area contributed by atoms with E-state index in [1.807, 2.05) is 0 Å². The Morgan fingerprint density at radius 3 is 2.33 bits per heavy atom. The molecule has 6 heteroatoms. The highest BCUT2D eigenvalue weighted by molar-refractivity contribution is 5.99. The van der Waals surface area contributed by atoms with Crippen LogP contribution in [0.4, 0.5) is 0 Å². The van der Waals surface area contributed by atoms with Crippen LogP contribution in [-0.4, -0.2) is 43.1 Å². The summed E-state index contributed by atoms with van der Waals surface area (Å²) < 4.78 is 15.0. The zero-order valence-corrected chi connectivity index (χ0v) is 10.3. The first-order valence-electron chi connectivity index (χ1n) is 5.32. The first-order chi connectivity index (χ1) is 8.56. The topological polar surface area (TPSA) is 85.2 Å². The lowest BCUT2D eigenvalue weighted by Gasteiger charge is -2.10. The van der Waals surface area contributed by atoms with Gasteiger partial charge in [-0.15, -0.1) is 0 Å². The van der Waals surface area contributed by atoms with Gasteiger partial charge < -0.3 is 24.4 Å². The number of ether oxygens (including phenoxy) is 3. The van der Waals surface area contributed by atoms with Gasteiger partial charge in [0.1, 0.15) is 22.8 Å². The summed E-state index contributed by atoms with van der Waals surface area (Å²) in [5.41, 5.74) is -0.123. The number of phenolic OH excluding ortho intramolecular Hbond substituents is 2. The molecule has 1 aromatic rings. The Labute approximate surface area is 105 Å². The molecule has 6 nitrogen and oxygen atoms in total. The maximum atomic E-state index is 11.1. The van der Waals surface area contributed by atoms with Gasteiger partial charge in [-0.25, -0.2) is 0 Å². The number of hydrogen-bond acceptors (Lipinski definition) is 6. The molecular formula is C12H16O6. The number of phenols is 2. The van der Waals surface area contributed by atoms with Crippen molar-refractivity contribution in [2.24, 2.45) is 0 Å². The molecule has 0 bridgehead atoms. The molecule has 0 heterocycles. The number of Topliss-reactive ketones (excluding diaryl/α,β-unsaturated/α-hetero) is 1. The smallest absolute Gasteiger partial charge is 0.189 e. The van der Waals surface area contributed by atoms with Crippen LogP contribution in [0.25, 0.3) is 0 Å². The molecule has 0 saturated heterocycles. The number of carbonyl (C=O) groups is 1. The Hall–Kier alpha value is -1.79. The largest absolute Gasteiger partial charge is 0.507 e. The second kappa shape index (κ2) is 6.83. The summed E-state index contributed by atoms with van der Waals surface area (Å²) in [5, 5.41) is 19.1. The van der Waals surface area contributed by atoms with Crippen molar-refractivity contribution >= 4 is 5.78 Å². The van der Waals surface area contributed by atoms with Crippen LogP contribution in [0.1, 0.15) is 17.3 Å². The lowest BCUT2D eigenvalue weighted by Crippen LogP contribution is -2.07.